The van der Waals surface area contributed by atoms with Gasteiger partial charge in [-0.15, -0.1) is 11.1 Å². The molecule has 0 radical (unpaired) electrons. The molecule has 0 saturated heterocycles. The van der Waals surface area contributed by atoms with Crippen molar-refractivity contribution in [3.63, 3.8) is 0 Å². The van der Waals surface area contributed by atoms with Crippen LogP contribution in [0, 0.1) is 26.8 Å². The summed E-state index contributed by atoms with van der Waals surface area (Å²) < 4.78 is 0. The fourth-order valence-corrected chi connectivity index (χ4v) is 0.790. The molecule has 11 heavy (non-hydrogen) atoms. The van der Waals surface area contributed by atoms with Gasteiger partial charge in [-0.25, -0.2) is 0 Å². The number of aryl methyl sites for hydroxylation is 3. The molecule has 0 aliphatic carbocycles. The van der Waals surface area contributed by atoms with Gasteiger partial charge in [-0.3, -0.25) is 0 Å². The Kier molecular flexibility index (Phi) is 4.82. The minimum atomic E-state index is -0.0388. The Bertz CT molecular complexity index is 303. The van der Waals surface area contributed by atoms with Crippen LogP contribution < -0.4 is 56.9 Å². The third-order valence-corrected chi connectivity index (χ3v) is 1.58. The summed E-state index contributed by atoms with van der Waals surface area (Å²) >= 11 is 0. The van der Waals surface area contributed by atoms with Crippen molar-refractivity contribution in [1.29, 1.82) is 0 Å². The maximum Gasteiger partial charge on any atom is 1.00 e. The van der Waals surface area contributed by atoms with Gasteiger partial charge in [0.2, 0.25) is 0 Å². The monoisotopic (exact) mass is 175 g/mol. The van der Waals surface area contributed by atoms with Crippen LogP contribution in [0.15, 0.2) is 4.79 Å². The molecule has 0 aliphatic rings. The Morgan fingerprint density at radius 3 is 2.18 bits per heavy atom. The van der Waals surface area contributed by atoms with E-state index in [1.54, 1.807) is 6.92 Å². The summed E-state index contributed by atoms with van der Waals surface area (Å²) in [7, 11) is 0. The quantitative estimate of drug-likeness (QED) is 0.363. The van der Waals surface area contributed by atoms with Gasteiger partial charge in [0, 0.05) is 0 Å². The molecule has 1 heterocycles. The summed E-state index contributed by atoms with van der Waals surface area (Å²) in [5.74, 6) is 0. The summed E-state index contributed by atoms with van der Waals surface area (Å²) in [5, 5.41) is 0. The van der Waals surface area contributed by atoms with Crippen LogP contribution >= 0.6 is 0 Å². The molecule has 3 heteroatoms. The van der Waals surface area contributed by atoms with Crippen molar-refractivity contribution in [3.8, 4) is 0 Å². The molecule has 0 spiro atoms. The number of hydrogen-bond acceptors (Lipinski definition) is 1. The molecule has 0 aliphatic heterocycles. The van der Waals surface area contributed by atoms with Gasteiger partial charge in [0.25, 0.3) is 0 Å². The predicted octanol–water partition coefficient (Wildman–Crippen LogP) is -1.90. The molecule has 0 aromatic carbocycles. The Labute approximate surface area is 109 Å². The Hall–Kier alpha value is 0.586. The first-order valence-electron chi connectivity index (χ1n) is 3.20. The van der Waals surface area contributed by atoms with Crippen LogP contribution in [0.1, 0.15) is 16.8 Å². The molecule has 1 aromatic heterocycles. The summed E-state index contributed by atoms with van der Waals surface area (Å²) in [6.07, 6.45) is 0. The molecule has 0 saturated carbocycles. The predicted molar refractivity (Wildman–Crippen MR) is 40.1 cm³/mol. The standard InChI is InChI=1S/C8H10NO.K/c1-5-4-6(2)8(10)9-7(5)3;/h1-3H3,(H,9,10);/q-1;+1. The number of aromatic amines is 1. The van der Waals surface area contributed by atoms with Crippen LogP contribution in [-0.4, -0.2) is 4.98 Å². The number of pyridine rings is 1. The third kappa shape index (κ3) is 2.84. The minimum absolute atomic E-state index is 0. The van der Waals surface area contributed by atoms with E-state index in [9.17, 15) is 4.79 Å². The normalized spacial score (nSPS) is 9.00. The van der Waals surface area contributed by atoms with E-state index in [1.165, 1.54) is 0 Å². The van der Waals surface area contributed by atoms with Gasteiger partial charge in [-0.1, -0.05) is 26.5 Å². The largest absolute Gasteiger partial charge is 1.00 e. The van der Waals surface area contributed by atoms with Crippen molar-refractivity contribution in [2.24, 2.45) is 0 Å². The molecular weight excluding hydrogens is 165 g/mol. The van der Waals surface area contributed by atoms with E-state index in [4.69, 9.17) is 0 Å². The third-order valence-electron chi connectivity index (χ3n) is 1.58. The number of H-pyrrole nitrogens is 1. The van der Waals surface area contributed by atoms with Crippen LogP contribution in [0.3, 0.4) is 0 Å². The topological polar surface area (TPSA) is 32.9 Å². The van der Waals surface area contributed by atoms with E-state index < -0.39 is 0 Å². The second kappa shape index (κ2) is 4.57. The Balaban J connectivity index is 0.000001000. The molecule has 0 fully saturated rings. The molecule has 0 atom stereocenters. The zero-order valence-electron chi connectivity index (χ0n) is 7.41. The average molecular weight is 175 g/mol. The van der Waals surface area contributed by atoms with E-state index in [0.717, 1.165) is 11.3 Å². The molecular formula is C8H10KNO. The molecule has 54 valence electrons. The van der Waals surface area contributed by atoms with Gasteiger partial charge in [0.05, 0.1) is 0 Å². The number of hydrogen-bond donors (Lipinski definition) is 1. The minimum Gasteiger partial charge on any atom is -0.431 e. The molecule has 0 unspecified atom stereocenters. The van der Waals surface area contributed by atoms with Gasteiger partial charge in [0.15, 0.2) is 0 Å². The van der Waals surface area contributed by atoms with Gasteiger partial charge >= 0.3 is 51.4 Å². The summed E-state index contributed by atoms with van der Waals surface area (Å²) in [5.41, 5.74) is 2.53. The zero-order valence-corrected chi connectivity index (χ0v) is 10.5. The molecule has 1 rings (SSSR count). The first-order valence-corrected chi connectivity index (χ1v) is 3.20. The van der Waals surface area contributed by atoms with Gasteiger partial charge in [-0.2, -0.15) is 6.07 Å². The summed E-state index contributed by atoms with van der Waals surface area (Å²) in [4.78, 5) is 13.6. The first kappa shape index (κ1) is 11.6. The maximum atomic E-state index is 10.9. The van der Waals surface area contributed by atoms with E-state index in [2.05, 4.69) is 11.1 Å². The SMILES string of the molecule is Cc1[c-]c(C)c(=O)[nH]c1C.[K+]. The van der Waals surface area contributed by atoms with Gasteiger partial charge in [-0.05, 0) is 0 Å². The smallest absolute Gasteiger partial charge is 0.431 e. The van der Waals surface area contributed by atoms with Gasteiger partial charge in [0.1, 0.15) is 5.56 Å². The maximum absolute atomic E-state index is 10.9. The van der Waals surface area contributed by atoms with Crippen LogP contribution in [-0.2, 0) is 0 Å². The second-order valence-corrected chi connectivity index (χ2v) is 2.45. The fraction of sp³-hybridized carbons (Fsp3) is 0.375. The van der Waals surface area contributed by atoms with Crippen molar-refractivity contribution >= 4 is 0 Å². The van der Waals surface area contributed by atoms with Crippen molar-refractivity contribution < 1.29 is 51.4 Å². The fourth-order valence-electron chi connectivity index (χ4n) is 0.790. The molecule has 1 N–H and O–H groups in total. The average Bonchev–Trinajstić information content (AvgIpc) is 1.84. The van der Waals surface area contributed by atoms with Crippen LogP contribution in [0.5, 0.6) is 0 Å². The first-order chi connectivity index (χ1) is 4.61. The molecule has 1 aromatic rings. The van der Waals surface area contributed by atoms with Crippen LogP contribution in [0.25, 0.3) is 0 Å². The number of nitrogens with one attached hydrogen (secondary N) is 1. The van der Waals surface area contributed by atoms with E-state index >= 15 is 0 Å². The molecule has 0 amide bonds. The van der Waals surface area contributed by atoms with E-state index in [-0.39, 0.29) is 56.9 Å². The zero-order chi connectivity index (χ0) is 7.72. The number of aromatic nitrogens is 1. The Morgan fingerprint density at radius 2 is 1.73 bits per heavy atom. The Morgan fingerprint density at radius 1 is 1.18 bits per heavy atom. The molecule has 0 bridgehead atoms. The van der Waals surface area contributed by atoms with Crippen LogP contribution in [0.4, 0.5) is 0 Å². The van der Waals surface area contributed by atoms with E-state index in [1.807, 2.05) is 13.8 Å². The summed E-state index contributed by atoms with van der Waals surface area (Å²) in [6, 6.07) is 2.96. The van der Waals surface area contributed by atoms with E-state index in [0.29, 0.717) is 5.56 Å². The summed E-state index contributed by atoms with van der Waals surface area (Å²) in [6.45, 7) is 5.55. The molecule has 2 nitrogen and oxygen atoms in total. The van der Waals surface area contributed by atoms with Crippen molar-refractivity contribution in [3.05, 3.63) is 33.2 Å². The van der Waals surface area contributed by atoms with Crippen molar-refractivity contribution in [1.82, 2.24) is 4.98 Å². The number of rotatable bonds is 0. The van der Waals surface area contributed by atoms with Crippen molar-refractivity contribution in [2.75, 3.05) is 0 Å². The van der Waals surface area contributed by atoms with Crippen molar-refractivity contribution in [2.45, 2.75) is 20.8 Å². The van der Waals surface area contributed by atoms with Gasteiger partial charge < -0.3 is 9.78 Å². The van der Waals surface area contributed by atoms with Crippen LogP contribution in [0.2, 0.25) is 0 Å². The second-order valence-electron chi connectivity index (χ2n) is 2.45.